The molecule has 24 heavy (non-hydrogen) atoms. The van der Waals surface area contributed by atoms with Gasteiger partial charge in [0.05, 0.1) is 12.7 Å². The van der Waals surface area contributed by atoms with E-state index in [1.165, 1.54) is 0 Å². The number of likely N-dealkylation sites (tertiary alicyclic amines) is 1. The van der Waals surface area contributed by atoms with Crippen molar-refractivity contribution in [2.75, 3.05) is 13.1 Å². The van der Waals surface area contributed by atoms with Gasteiger partial charge in [0.25, 0.3) is 0 Å². The predicted octanol–water partition coefficient (Wildman–Crippen LogP) is 2.36. The van der Waals surface area contributed by atoms with Crippen molar-refractivity contribution in [2.24, 2.45) is 7.05 Å². The van der Waals surface area contributed by atoms with Crippen molar-refractivity contribution in [3.8, 4) is 5.88 Å². The molecule has 2 aromatic heterocycles. The van der Waals surface area contributed by atoms with Gasteiger partial charge in [-0.2, -0.15) is 4.98 Å². The number of hydrogen-bond acceptors (Lipinski definition) is 6. The van der Waals surface area contributed by atoms with Crippen molar-refractivity contribution < 1.29 is 14.3 Å². The quantitative estimate of drug-likeness (QED) is 0.661. The average Bonchev–Trinajstić information content (AvgIpc) is 3.03. The topological polar surface area (TPSA) is 82.4 Å². The average molecular weight is 445 g/mol. The second-order valence-corrected chi connectivity index (χ2v) is 7.72. The second-order valence-electron chi connectivity index (χ2n) is 6.75. The monoisotopic (exact) mass is 445 g/mol. The zero-order valence-electron chi connectivity index (χ0n) is 14.1. The van der Waals surface area contributed by atoms with Crippen LogP contribution in [-0.4, -0.2) is 55.3 Å². The number of nitrogens with zero attached hydrogens (tertiary/aromatic N) is 5. The summed E-state index contributed by atoms with van der Waals surface area (Å²) < 4.78 is 13.9. The van der Waals surface area contributed by atoms with Crippen LogP contribution in [-0.2, 0) is 11.8 Å². The first-order valence-electron chi connectivity index (χ1n) is 7.72. The molecule has 1 amide bonds. The van der Waals surface area contributed by atoms with Crippen molar-refractivity contribution in [3.63, 3.8) is 0 Å². The van der Waals surface area contributed by atoms with Crippen LogP contribution in [0.3, 0.4) is 0 Å². The second kappa shape index (κ2) is 6.34. The van der Waals surface area contributed by atoms with E-state index in [1.807, 2.05) is 32.4 Å². The maximum Gasteiger partial charge on any atom is 0.410 e. The van der Waals surface area contributed by atoms with Crippen LogP contribution >= 0.6 is 22.6 Å². The van der Waals surface area contributed by atoms with Gasteiger partial charge in [-0.15, -0.1) is 0 Å². The number of hydrogen-bond donors (Lipinski definition) is 0. The highest BCUT2D eigenvalue weighted by atomic mass is 127. The fourth-order valence-electron chi connectivity index (χ4n) is 2.46. The molecule has 1 atom stereocenters. The standard InChI is InChI=1S/C15H20IN5O3/c1-15(2,3)24-14(22)21-6-5-9(8-21)23-10-7-17-12-11(18-10)19-13(16)20(12)4/h7,9H,5-6,8H2,1-4H3/t9-/m1/s1. The normalized spacial score (nSPS) is 18.2. The van der Waals surface area contributed by atoms with Gasteiger partial charge in [-0.3, -0.25) is 0 Å². The zero-order chi connectivity index (χ0) is 17.5. The number of carbonyl (C=O) groups is 1. The van der Waals surface area contributed by atoms with Crippen molar-refractivity contribution >= 4 is 40.0 Å². The minimum absolute atomic E-state index is 0.118. The molecule has 3 heterocycles. The largest absolute Gasteiger partial charge is 0.471 e. The van der Waals surface area contributed by atoms with Gasteiger partial charge < -0.3 is 18.9 Å². The van der Waals surface area contributed by atoms with Crippen LogP contribution < -0.4 is 4.74 Å². The first-order valence-corrected chi connectivity index (χ1v) is 8.80. The lowest BCUT2D eigenvalue weighted by Gasteiger charge is -2.24. The van der Waals surface area contributed by atoms with Gasteiger partial charge >= 0.3 is 6.09 Å². The Morgan fingerprint density at radius 1 is 1.38 bits per heavy atom. The lowest BCUT2D eigenvalue weighted by atomic mass is 10.2. The third kappa shape index (κ3) is 3.70. The third-order valence-electron chi connectivity index (χ3n) is 3.59. The predicted molar refractivity (Wildman–Crippen MR) is 95.9 cm³/mol. The summed E-state index contributed by atoms with van der Waals surface area (Å²) in [6, 6.07) is 0. The van der Waals surface area contributed by atoms with E-state index in [1.54, 1.807) is 11.1 Å². The summed E-state index contributed by atoms with van der Waals surface area (Å²) in [5.74, 6) is 0.424. The van der Waals surface area contributed by atoms with E-state index >= 15 is 0 Å². The number of ether oxygens (including phenoxy) is 2. The van der Waals surface area contributed by atoms with Crippen molar-refractivity contribution in [3.05, 3.63) is 10.0 Å². The number of amides is 1. The summed E-state index contributed by atoms with van der Waals surface area (Å²) in [5, 5.41) is 0. The lowest BCUT2D eigenvalue weighted by molar-refractivity contribution is 0.0275. The van der Waals surface area contributed by atoms with E-state index in [4.69, 9.17) is 9.47 Å². The molecular weight excluding hydrogens is 425 g/mol. The van der Waals surface area contributed by atoms with Crippen molar-refractivity contribution in [2.45, 2.75) is 38.9 Å². The summed E-state index contributed by atoms with van der Waals surface area (Å²) in [4.78, 5) is 26.8. The molecule has 0 aliphatic carbocycles. The fourth-order valence-corrected chi connectivity index (χ4v) is 2.92. The lowest BCUT2D eigenvalue weighted by Crippen LogP contribution is -2.36. The Morgan fingerprint density at radius 2 is 2.12 bits per heavy atom. The minimum atomic E-state index is -0.497. The molecule has 130 valence electrons. The van der Waals surface area contributed by atoms with E-state index in [0.717, 1.165) is 10.3 Å². The van der Waals surface area contributed by atoms with Gasteiger partial charge in [-0.1, -0.05) is 0 Å². The Labute approximate surface area is 153 Å². The molecular formula is C15H20IN5O3. The van der Waals surface area contributed by atoms with Crippen LogP contribution in [0, 0.1) is 3.83 Å². The molecule has 8 nitrogen and oxygen atoms in total. The summed E-state index contributed by atoms with van der Waals surface area (Å²) in [5.41, 5.74) is 0.776. The zero-order valence-corrected chi connectivity index (χ0v) is 16.3. The van der Waals surface area contributed by atoms with Crippen LogP contribution in [0.15, 0.2) is 6.20 Å². The molecule has 0 radical (unpaired) electrons. The molecule has 3 rings (SSSR count). The highest BCUT2D eigenvalue weighted by Crippen LogP contribution is 2.21. The van der Waals surface area contributed by atoms with Crippen LogP contribution in [0.5, 0.6) is 5.88 Å². The van der Waals surface area contributed by atoms with Crippen LogP contribution in [0.1, 0.15) is 27.2 Å². The Morgan fingerprint density at radius 3 is 2.83 bits per heavy atom. The number of aryl methyl sites for hydroxylation is 1. The van der Waals surface area contributed by atoms with Gasteiger partial charge in [0, 0.05) is 42.6 Å². The summed E-state index contributed by atoms with van der Waals surface area (Å²) >= 11 is 2.13. The van der Waals surface area contributed by atoms with Crippen LogP contribution in [0.4, 0.5) is 4.79 Å². The first kappa shape index (κ1) is 17.2. The number of imidazole rings is 1. The number of fused-ring (bicyclic) bond motifs is 1. The van der Waals surface area contributed by atoms with Gasteiger partial charge in [0.1, 0.15) is 11.7 Å². The van der Waals surface area contributed by atoms with Crippen LogP contribution in [0.2, 0.25) is 0 Å². The van der Waals surface area contributed by atoms with Gasteiger partial charge in [-0.05, 0) is 20.8 Å². The molecule has 0 saturated carbocycles. The molecule has 2 aromatic rings. The maximum atomic E-state index is 12.1. The van der Waals surface area contributed by atoms with Gasteiger partial charge in [0.15, 0.2) is 9.48 Å². The van der Waals surface area contributed by atoms with Crippen molar-refractivity contribution in [1.82, 2.24) is 24.4 Å². The summed E-state index contributed by atoms with van der Waals surface area (Å²) in [6.07, 6.45) is 1.90. The SMILES string of the molecule is Cn1c(I)nc2nc(O[C@@H]3CCN(C(=O)OC(C)(C)C)C3)cnc21. The molecule has 1 fully saturated rings. The molecule has 1 aliphatic heterocycles. The molecule has 0 spiro atoms. The summed E-state index contributed by atoms with van der Waals surface area (Å²) in [6.45, 7) is 6.65. The van der Waals surface area contributed by atoms with Gasteiger partial charge in [-0.25, -0.2) is 14.8 Å². The Balaban J connectivity index is 1.64. The number of halogens is 1. The Hall–Kier alpha value is -1.65. The number of rotatable bonds is 2. The molecule has 0 aromatic carbocycles. The van der Waals surface area contributed by atoms with Gasteiger partial charge in [0.2, 0.25) is 11.5 Å². The highest BCUT2D eigenvalue weighted by molar-refractivity contribution is 14.1. The maximum absolute atomic E-state index is 12.1. The molecule has 0 N–H and O–H groups in total. The highest BCUT2D eigenvalue weighted by Gasteiger charge is 2.31. The van der Waals surface area contributed by atoms with Crippen molar-refractivity contribution in [1.29, 1.82) is 0 Å². The third-order valence-corrected chi connectivity index (χ3v) is 4.55. The Bertz CT molecular complexity index is 770. The molecule has 1 aliphatic rings. The van der Waals surface area contributed by atoms with E-state index < -0.39 is 5.60 Å². The number of aromatic nitrogens is 4. The smallest absolute Gasteiger partial charge is 0.410 e. The molecule has 0 bridgehead atoms. The van der Waals surface area contributed by atoms with E-state index in [0.29, 0.717) is 30.3 Å². The number of carbonyl (C=O) groups excluding carboxylic acids is 1. The Kier molecular flexibility index (Phi) is 4.54. The summed E-state index contributed by atoms with van der Waals surface area (Å²) in [7, 11) is 1.89. The molecule has 9 heteroatoms. The minimum Gasteiger partial charge on any atom is -0.471 e. The van der Waals surface area contributed by atoms with E-state index in [-0.39, 0.29) is 12.2 Å². The van der Waals surface area contributed by atoms with Crippen LogP contribution in [0.25, 0.3) is 11.3 Å². The molecule has 0 unspecified atom stereocenters. The molecule has 1 saturated heterocycles. The van der Waals surface area contributed by atoms with E-state index in [9.17, 15) is 4.79 Å². The first-order chi connectivity index (χ1) is 11.2. The fraction of sp³-hybridized carbons (Fsp3) is 0.600. The van der Waals surface area contributed by atoms with E-state index in [2.05, 4.69) is 37.5 Å².